The number of hydrogen-bond acceptors (Lipinski definition) is 6. The Bertz CT molecular complexity index is 1340. The van der Waals surface area contributed by atoms with Crippen molar-refractivity contribution in [3.05, 3.63) is 94.6 Å². The number of aliphatic hydroxyl groups is 1. The minimum absolute atomic E-state index is 0.00413. The highest BCUT2D eigenvalue weighted by molar-refractivity contribution is 6.46. The van der Waals surface area contributed by atoms with Crippen LogP contribution in [0.5, 0.6) is 17.2 Å². The molecule has 1 aliphatic rings. The van der Waals surface area contributed by atoms with Crippen molar-refractivity contribution in [2.45, 2.75) is 46.4 Å². The molecule has 1 unspecified atom stereocenters. The number of carbonyl (C=O) groups is 2. The van der Waals surface area contributed by atoms with Crippen molar-refractivity contribution in [1.29, 1.82) is 0 Å². The summed E-state index contributed by atoms with van der Waals surface area (Å²) in [5.74, 6) is 0.449. The molecule has 0 spiro atoms. The highest BCUT2D eigenvalue weighted by Crippen LogP contribution is 2.41. The lowest BCUT2D eigenvalue weighted by Gasteiger charge is -2.26. The zero-order chi connectivity index (χ0) is 27.4. The molecular formula is C31H33NO6. The number of methoxy groups -OCH3 is 1. The van der Waals surface area contributed by atoms with E-state index in [4.69, 9.17) is 14.2 Å². The summed E-state index contributed by atoms with van der Waals surface area (Å²) in [7, 11) is 1.59. The fraction of sp³-hybridized carbons (Fsp3) is 0.290. The van der Waals surface area contributed by atoms with Crippen LogP contribution in [0.4, 0.5) is 0 Å². The van der Waals surface area contributed by atoms with Crippen LogP contribution in [-0.4, -0.2) is 41.5 Å². The maximum atomic E-state index is 13.4. The summed E-state index contributed by atoms with van der Waals surface area (Å²) in [5, 5.41) is 11.4. The van der Waals surface area contributed by atoms with Crippen LogP contribution in [0.15, 0.2) is 72.3 Å². The lowest BCUT2D eigenvalue weighted by Crippen LogP contribution is -2.29. The van der Waals surface area contributed by atoms with E-state index in [1.807, 2.05) is 76.2 Å². The van der Waals surface area contributed by atoms with Gasteiger partial charge in [-0.1, -0.05) is 24.3 Å². The maximum Gasteiger partial charge on any atom is 0.295 e. The molecule has 7 heteroatoms. The molecule has 198 valence electrons. The average Bonchev–Trinajstić information content (AvgIpc) is 3.15. The van der Waals surface area contributed by atoms with Crippen molar-refractivity contribution in [2.75, 3.05) is 13.7 Å². The van der Waals surface area contributed by atoms with Gasteiger partial charge in [-0.25, -0.2) is 0 Å². The topological polar surface area (TPSA) is 85.3 Å². The highest BCUT2D eigenvalue weighted by Gasteiger charge is 2.46. The predicted molar refractivity (Wildman–Crippen MR) is 145 cm³/mol. The first-order valence-corrected chi connectivity index (χ1v) is 12.6. The number of benzene rings is 3. The van der Waals surface area contributed by atoms with Crippen LogP contribution in [0, 0.1) is 6.92 Å². The van der Waals surface area contributed by atoms with E-state index in [-0.39, 0.29) is 24.0 Å². The van der Waals surface area contributed by atoms with Crippen LogP contribution in [0.2, 0.25) is 0 Å². The molecule has 0 aromatic heterocycles. The van der Waals surface area contributed by atoms with Crippen LogP contribution >= 0.6 is 0 Å². The number of ether oxygens (including phenoxy) is 3. The molecule has 7 nitrogen and oxygen atoms in total. The van der Waals surface area contributed by atoms with Gasteiger partial charge in [0, 0.05) is 12.1 Å². The molecule has 1 N–H and O–H groups in total. The summed E-state index contributed by atoms with van der Waals surface area (Å²) in [6.07, 6.45) is 0.00413. The second kappa shape index (κ2) is 11.4. The summed E-state index contributed by atoms with van der Waals surface area (Å²) in [5.41, 5.74) is 2.82. The molecule has 3 aromatic rings. The van der Waals surface area contributed by atoms with Crippen molar-refractivity contribution in [3.8, 4) is 17.2 Å². The van der Waals surface area contributed by atoms with Gasteiger partial charge in [0.05, 0.1) is 31.4 Å². The number of nitrogens with zero attached hydrogens (tertiary/aromatic N) is 1. The molecule has 1 fully saturated rings. The van der Waals surface area contributed by atoms with E-state index in [0.29, 0.717) is 35.0 Å². The smallest absolute Gasteiger partial charge is 0.295 e. The van der Waals surface area contributed by atoms with Gasteiger partial charge in [-0.15, -0.1) is 0 Å². The third kappa shape index (κ3) is 5.52. The van der Waals surface area contributed by atoms with Crippen LogP contribution in [-0.2, 0) is 16.1 Å². The number of carbonyl (C=O) groups excluding carboxylic acids is 2. The molecule has 0 radical (unpaired) electrons. The molecule has 0 bridgehead atoms. The molecule has 4 rings (SSSR count). The molecule has 0 saturated carbocycles. The number of likely N-dealkylation sites (tertiary alicyclic amines) is 1. The number of aliphatic hydroxyl groups excluding tert-OH is 1. The number of amides is 1. The van der Waals surface area contributed by atoms with E-state index in [1.54, 1.807) is 25.3 Å². The first kappa shape index (κ1) is 26.8. The molecule has 0 aliphatic carbocycles. The molecule has 1 aliphatic heterocycles. The van der Waals surface area contributed by atoms with Gasteiger partial charge in [0.15, 0.2) is 0 Å². The second-order valence-corrected chi connectivity index (χ2v) is 9.42. The zero-order valence-electron chi connectivity index (χ0n) is 22.4. The van der Waals surface area contributed by atoms with E-state index >= 15 is 0 Å². The van der Waals surface area contributed by atoms with E-state index in [9.17, 15) is 14.7 Å². The summed E-state index contributed by atoms with van der Waals surface area (Å²) >= 11 is 0. The largest absolute Gasteiger partial charge is 0.507 e. The number of hydrogen-bond donors (Lipinski definition) is 1. The van der Waals surface area contributed by atoms with Crippen LogP contribution in [0.3, 0.4) is 0 Å². The van der Waals surface area contributed by atoms with Gasteiger partial charge in [0.1, 0.15) is 23.0 Å². The Morgan fingerprint density at radius 3 is 2.21 bits per heavy atom. The van der Waals surface area contributed by atoms with Crippen molar-refractivity contribution in [3.63, 3.8) is 0 Å². The Hall–Kier alpha value is -4.26. The first-order chi connectivity index (χ1) is 18.2. The van der Waals surface area contributed by atoms with E-state index in [0.717, 1.165) is 11.1 Å². The number of Topliss-reactive ketones (excluding diaryl/α,β-unsaturated/α-hetero) is 1. The SMILES string of the molecule is CCOc1ccc(/C(O)=C2/C(=O)C(=O)N(Cc3ccc(OC)cc3)C2c2ccc(OC(C)C)cc2)cc1C. The minimum atomic E-state index is -0.780. The lowest BCUT2D eigenvalue weighted by atomic mass is 9.94. The quantitative estimate of drug-likeness (QED) is 0.220. The summed E-state index contributed by atoms with van der Waals surface area (Å²) in [6, 6.07) is 19.0. The first-order valence-electron chi connectivity index (χ1n) is 12.6. The molecule has 3 aromatic carbocycles. The van der Waals surface area contributed by atoms with Crippen molar-refractivity contribution in [2.24, 2.45) is 0 Å². The van der Waals surface area contributed by atoms with Gasteiger partial charge in [0.25, 0.3) is 11.7 Å². The number of rotatable bonds is 9. The van der Waals surface area contributed by atoms with Crippen LogP contribution < -0.4 is 14.2 Å². The molecule has 1 atom stereocenters. The number of ketones is 1. The van der Waals surface area contributed by atoms with Gasteiger partial charge in [-0.3, -0.25) is 9.59 Å². The van der Waals surface area contributed by atoms with E-state index in [1.165, 1.54) is 4.90 Å². The Morgan fingerprint density at radius 1 is 0.974 bits per heavy atom. The minimum Gasteiger partial charge on any atom is -0.507 e. The van der Waals surface area contributed by atoms with Crippen molar-refractivity contribution in [1.82, 2.24) is 4.90 Å². The van der Waals surface area contributed by atoms with E-state index in [2.05, 4.69) is 0 Å². The van der Waals surface area contributed by atoms with Gasteiger partial charge in [-0.2, -0.15) is 0 Å². The van der Waals surface area contributed by atoms with Gasteiger partial charge in [0.2, 0.25) is 0 Å². The fourth-order valence-electron chi connectivity index (χ4n) is 4.59. The monoisotopic (exact) mass is 515 g/mol. The standard InChI is InChI=1S/C31H33NO6/c1-6-37-26-16-11-23(17-20(26)4)29(33)27-28(22-9-14-25(15-10-22)38-19(2)3)32(31(35)30(27)34)18-21-7-12-24(36-5)13-8-21/h7-17,19,28,33H,6,18H2,1-5H3/b29-27-. The predicted octanol–water partition coefficient (Wildman–Crippen LogP) is 5.81. The van der Waals surface area contributed by atoms with Crippen molar-refractivity contribution < 1.29 is 28.9 Å². The Balaban J connectivity index is 1.80. The summed E-state index contributed by atoms with van der Waals surface area (Å²) in [4.78, 5) is 28.2. The Morgan fingerprint density at radius 2 is 1.63 bits per heavy atom. The molecular weight excluding hydrogens is 482 g/mol. The van der Waals surface area contributed by atoms with Crippen LogP contribution in [0.1, 0.15) is 49.1 Å². The molecule has 38 heavy (non-hydrogen) atoms. The maximum absolute atomic E-state index is 13.4. The lowest BCUT2D eigenvalue weighted by molar-refractivity contribution is -0.140. The normalized spacial score (nSPS) is 16.7. The highest BCUT2D eigenvalue weighted by atomic mass is 16.5. The molecule has 1 amide bonds. The Kier molecular flexibility index (Phi) is 8.05. The van der Waals surface area contributed by atoms with Gasteiger partial charge < -0.3 is 24.2 Å². The fourth-order valence-corrected chi connectivity index (χ4v) is 4.59. The van der Waals surface area contributed by atoms with Crippen molar-refractivity contribution >= 4 is 17.4 Å². The van der Waals surface area contributed by atoms with Crippen LogP contribution in [0.25, 0.3) is 5.76 Å². The average molecular weight is 516 g/mol. The summed E-state index contributed by atoms with van der Waals surface area (Å²) < 4.78 is 16.6. The second-order valence-electron chi connectivity index (χ2n) is 9.42. The third-order valence-corrected chi connectivity index (χ3v) is 6.37. The third-order valence-electron chi connectivity index (χ3n) is 6.37. The summed E-state index contributed by atoms with van der Waals surface area (Å²) in [6.45, 7) is 8.35. The van der Waals surface area contributed by atoms with Gasteiger partial charge >= 0.3 is 0 Å². The van der Waals surface area contributed by atoms with E-state index < -0.39 is 17.7 Å². The molecule has 1 heterocycles. The Labute approximate surface area is 223 Å². The zero-order valence-corrected chi connectivity index (χ0v) is 22.4. The molecule has 1 saturated heterocycles. The van der Waals surface area contributed by atoms with Gasteiger partial charge in [-0.05, 0) is 86.8 Å². The number of aryl methyl sites for hydroxylation is 1.